The van der Waals surface area contributed by atoms with E-state index < -0.39 is 0 Å². The van der Waals surface area contributed by atoms with Gasteiger partial charge in [0.15, 0.2) is 11.5 Å². The first-order chi connectivity index (χ1) is 9.20. The summed E-state index contributed by atoms with van der Waals surface area (Å²) in [7, 11) is 1.78. The highest BCUT2D eigenvalue weighted by Crippen LogP contribution is 2.30. The summed E-state index contributed by atoms with van der Waals surface area (Å²) in [6.07, 6.45) is 0.778. The molecule has 1 aliphatic rings. The summed E-state index contributed by atoms with van der Waals surface area (Å²) in [5.41, 5.74) is 1.13. The fourth-order valence-electron chi connectivity index (χ4n) is 1.84. The standard InChI is InChI=1S/C14H20N2O3/c1-3-16(2)14(17)15-7-6-11-4-5-12-13(10-11)19-9-8-18-12/h4-5,10H,3,6-9H2,1-2H3,(H,15,17). The van der Waals surface area contributed by atoms with Gasteiger partial charge in [-0.3, -0.25) is 0 Å². The van der Waals surface area contributed by atoms with Crippen molar-refractivity contribution in [2.45, 2.75) is 13.3 Å². The zero-order valence-electron chi connectivity index (χ0n) is 11.4. The third-order valence-electron chi connectivity index (χ3n) is 3.12. The topological polar surface area (TPSA) is 50.8 Å². The van der Waals surface area contributed by atoms with E-state index in [0.717, 1.165) is 23.5 Å². The molecule has 0 unspecified atom stereocenters. The molecular formula is C14H20N2O3. The van der Waals surface area contributed by atoms with Crippen LogP contribution in [-0.4, -0.2) is 44.3 Å². The van der Waals surface area contributed by atoms with Crippen molar-refractivity contribution in [3.8, 4) is 11.5 Å². The quantitative estimate of drug-likeness (QED) is 0.900. The van der Waals surface area contributed by atoms with Crippen LogP contribution in [0.3, 0.4) is 0 Å². The first-order valence-corrected chi connectivity index (χ1v) is 6.58. The first-order valence-electron chi connectivity index (χ1n) is 6.58. The second-order valence-corrected chi connectivity index (χ2v) is 4.47. The van der Waals surface area contributed by atoms with Crippen molar-refractivity contribution < 1.29 is 14.3 Å². The Bertz CT molecular complexity index is 448. The molecular weight excluding hydrogens is 244 g/mol. The Hall–Kier alpha value is -1.91. The van der Waals surface area contributed by atoms with Gasteiger partial charge in [-0.15, -0.1) is 0 Å². The van der Waals surface area contributed by atoms with Crippen LogP contribution in [0.1, 0.15) is 12.5 Å². The molecule has 0 saturated heterocycles. The average molecular weight is 264 g/mol. The molecule has 5 nitrogen and oxygen atoms in total. The minimum absolute atomic E-state index is 0.0416. The number of nitrogens with one attached hydrogen (secondary N) is 1. The molecule has 0 aromatic heterocycles. The second-order valence-electron chi connectivity index (χ2n) is 4.47. The van der Waals surface area contributed by atoms with Crippen LogP contribution in [0, 0.1) is 0 Å². The molecule has 1 aromatic carbocycles. The smallest absolute Gasteiger partial charge is 0.317 e. The minimum atomic E-state index is -0.0416. The Kier molecular flexibility index (Phi) is 4.49. The highest BCUT2D eigenvalue weighted by atomic mass is 16.6. The lowest BCUT2D eigenvalue weighted by Crippen LogP contribution is -2.37. The summed E-state index contributed by atoms with van der Waals surface area (Å²) in [5, 5.41) is 2.88. The van der Waals surface area contributed by atoms with Crippen molar-refractivity contribution >= 4 is 6.03 Å². The lowest BCUT2D eigenvalue weighted by molar-refractivity contribution is 0.171. The monoisotopic (exact) mass is 264 g/mol. The zero-order valence-corrected chi connectivity index (χ0v) is 11.4. The average Bonchev–Trinajstić information content (AvgIpc) is 2.46. The number of hydrogen-bond donors (Lipinski definition) is 1. The van der Waals surface area contributed by atoms with Gasteiger partial charge in [-0.1, -0.05) is 6.07 Å². The van der Waals surface area contributed by atoms with Crippen molar-refractivity contribution in [2.24, 2.45) is 0 Å². The number of hydrogen-bond acceptors (Lipinski definition) is 3. The van der Waals surface area contributed by atoms with Gasteiger partial charge in [0.25, 0.3) is 0 Å². The van der Waals surface area contributed by atoms with Gasteiger partial charge in [0.05, 0.1) is 0 Å². The number of ether oxygens (including phenoxy) is 2. The lowest BCUT2D eigenvalue weighted by atomic mass is 10.1. The van der Waals surface area contributed by atoms with Crippen LogP contribution in [0.4, 0.5) is 4.79 Å². The maximum Gasteiger partial charge on any atom is 0.317 e. The SMILES string of the molecule is CCN(C)C(=O)NCCc1ccc2c(c1)OCCO2. The van der Waals surface area contributed by atoms with Crippen LogP contribution < -0.4 is 14.8 Å². The minimum Gasteiger partial charge on any atom is -0.486 e. The fraction of sp³-hybridized carbons (Fsp3) is 0.500. The van der Waals surface area contributed by atoms with Crippen LogP contribution in [-0.2, 0) is 6.42 Å². The van der Waals surface area contributed by atoms with Crippen LogP contribution in [0.2, 0.25) is 0 Å². The number of nitrogens with zero attached hydrogens (tertiary/aromatic N) is 1. The fourth-order valence-corrected chi connectivity index (χ4v) is 1.84. The van der Waals surface area contributed by atoms with Gasteiger partial charge in [-0.2, -0.15) is 0 Å². The molecule has 1 aliphatic heterocycles. The molecule has 19 heavy (non-hydrogen) atoms. The maximum absolute atomic E-state index is 11.6. The second kappa shape index (κ2) is 6.31. The van der Waals surface area contributed by atoms with Gasteiger partial charge >= 0.3 is 6.03 Å². The molecule has 0 bridgehead atoms. The number of carbonyl (C=O) groups is 1. The molecule has 0 saturated carbocycles. The van der Waals surface area contributed by atoms with Gasteiger partial charge in [-0.05, 0) is 31.0 Å². The number of fused-ring (bicyclic) bond motifs is 1. The lowest BCUT2D eigenvalue weighted by Gasteiger charge is -2.19. The molecule has 5 heteroatoms. The summed E-state index contributed by atoms with van der Waals surface area (Å²) in [5.74, 6) is 1.59. The summed E-state index contributed by atoms with van der Waals surface area (Å²) < 4.78 is 11.0. The first kappa shape index (κ1) is 13.5. The summed E-state index contributed by atoms with van der Waals surface area (Å²) in [6, 6.07) is 5.86. The van der Waals surface area contributed by atoms with E-state index in [1.807, 2.05) is 25.1 Å². The van der Waals surface area contributed by atoms with E-state index in [1.165, 1.54) is 0 Å². The normalized spacial score (nSPS) is 12.9. The van der Waals surface area contributed by atoms with Crippen molar-refractivity contribution in [2.75, 3.05) is 33.4 Å². The van der Waals surface area contributed by atoms with Crippen LogP contribution in [0.25, 0.3) is 0 Å². The number of urea groups is 1. The van der Waals surface area contributed by atoms with Gasteiger partial charge in [0, 0.05) is 20.1 Å². The molecule has 104 valence electrons. The van der Waals surface area contributed by atoms with E-state index in [-0.39, 0.29) is 6.03 Å². The molecule has 0 fully saturated rings. The predicted molar refractivity (Wildman–Crippen MR) is 72.8 cm³/mol. The van der Waals surface area contributed by atoms with Crippen molar-refractivity contribution in [3.63, 3.8) is 0 Å². The third kappa shape index (κ3) is 3.53. The molecule has 1 heterocycles. The van der Waals surface area contributed by atoms with Crippen LogP contribution >= 0.6 is 0 Å². The van der Waals surface area contributed by atoms with Gasteiger partial charge in [-0.25, -0.2) is 4.79 Å². The number of benzene rings is 1. The van der Waals surface area contributed by atoms with E-state index in [4.69, 9.17) is 9.47 Å². The third-order valence-corrected chi connectivity index (χ3v) is 3.12. The number of rotatable bonds is 4. The molecule has 1 N–H and O–H groups in total. The van der Waals surface area contributed by atoms with E-state index in [0.29, 0.717) is 26.3 Å². The highest BCUT2D eigenvalue weighted by Gasteiger charge is 2.11. The Morgan fingerprint density at radius 1 is 1.32 bits per heavy atom. The zero-order chi connectivity index (χ0) is 13.7. The van der Waals surface area contributed by atoms with E-state index in [2.05, 4.69) is 5.32 Å². The van der Waals surface area contributed by atoms with E-state index in [1.54, 1.807) is 11.9 Å². The van der Waals surface area contributed by atoms with Crippen LogP contribution in [0.15, 0.2) is 18.2 Å². The molecule has 2 rings (SSSR count). The Morgan fingerprint density at radius 3 is 2.79 bits per heavy atom. The summed E-state index contributed by atoms with van der Waals surface area (Å²) >= 11 is 0. The van der Waals surface area contributed by atoms with E-state index in [9.17, 15) is 4.79 Å². The molecule has 2 amide bonds. The Balaban J connectivity index is 1.85. The molecule has 0 atom stereocenters. The predicted octanol–water partition coefficient (Wildman–Crippen LogP) is 1.66. The maximum atomic E-state index is 11.6. The molecule has 1 aromatic rings. The summed E-state index contributed by atoms with van der Waals surface area (Å²) in [4.78, 5) is 13.2. The van der Waals surface area contributed by atoms with Crippen molar-refractivity contribution in [3.05, 3.63) is 23.8 Å². The number of carbonyl (C=O) groups excluding carboxylic acids is 1. The largest absolute Gasteiger partial charge is 0.486 e. The number of amides is 2. The molecule has 0 aliphatic carbocycles. The van der Waals surface area contributed by atoms with Gasteiger partial charge < -0.3 is 19.7 Å². The van der Waals surface area contributed by atoms with Crippen molar-refractivity contribution in [1.82, 2.24) is 10.2 Å². The van der Waals surface area contributed by atoms with E-state index >= 15 is 0 Å². The van der Waals surface area contributed by atoms with Gasteiger partial charge in [0.1, 0.15) is 13.2 Å². The highest BCUT2D eigenvalue weighted by molar-refractivity contribution is 5.73. The summed E-state index contributed by atoms with van der Waals surface area (Å²) in [6.45, 7) is 4.46. The Morgan fingerprint density at radius 2 is 2.05 bits per heavy atom. The van der Waals surface area contributed by atoms with Crippen molar-refractivity contribution in [1.29, 1.82) is 0 Å². The molecule has 0 radical (unpaired) electrons. The van der Waals surface area contributed by atoms with Gasteiger partial charge in [0.2, 0.25) is 0 Å². The Labute approximate surface area is 113 Å². The van der Waals surface area contributed by atoms with Crippen LogP contribution in [0.5, 0.6) is 11.5 Å². The molecule has 0 spiro atoms.